The van der Waals surface area contributed by atoms with E-state index in [1.54, 1.807) is 11.3 Å². The Balaban J connectivity index is 1.51. The number of aryl methyl sites for hydroxylation is 1. The van der Waals surface area contributed by atoms with Gasteiger partial charge in [0.05, 0.1) is 0 Å². The van der Waals surface area contributed by atoms with Crippen molar-refractivity contribution in [1.29, 1.82) is 0 Å². The van der Waals surface area contributed by atoms with Crippen molar-refractivity contribution in [3.8, 4) is 0 Å². The van der Waals surface area contributed by atoms with Crippen LogP contribution in [-0.2, 0) is 4.79 Å². The van der Waals surface area contributed by atoms with Gasteiger partial charge in [-0.2, -0.15) is 0 Å². The molecule has 3 aliphatic rings. The topological polar surface area (TPSA) is 35.6 Å². The first-order valence-corrected chi connectivity index (χ1v) is 8.76. The van der Waals surface area contributed by atoms with Crippen LogP contribution in [0.15, 0.2) is 12.1 Å². The average molecular weight is 305 g/mol. The van der Waals surface area contributed by atoms with Gasteiger partial charge in [-0.3, -0.25) is 10.1 Å². The maximum Gasteiger partial charge on any atom is 0.244 e. The highest BCUT2D eigenvalue weighted by molar-refractivity contribution is 7.12. The molecule has 4 nitrogen and oxygen atoms in total. The lowest BCUT2D eigenvalue weighted by Gasteiger charge is -2.26. The summed E-state index contributed by atoms with van der Waals surface area (Å²) >= 11 is 1.80. The minimum absolute atomic E-state index is 0.0892. The third-order valence-corrected chi connectivity index (χ3v) is 6.09. The molecule has 1 atom stereocenters. The highest BCUT2D eigenvalue weighted by Crippen LogP contribution is 2.46. The van der Waals surface area contributed by atoms with E-state index in [0.29, 0.717) is 5.91 Å². The van der Waals surface area contributed by atoms with Gasteiger partial charge in [-0.05, 0) is 51.8 Å². The molecule has 0 radical (unpaired) electrons. The van der Waals surface area contributed by atoms with Crippen LogP contribution in [0.3, 0.4) is 0 Å². The largest absolute Gasteiger partial charge is 0.319 e. The SMILES string of the molecule is Cc1ccc(C2NC3(CC3)C(=O)N2CCN(C)C2CC2)s1. The minimum Gasteiger partial charge on any atom is -0.319 e. The highest BCUT2D eigenvalue weighted by Gasteiger charge is 2.59. The van der Waals surface area contributed by atoms with Crippen LogP contribution in [0.4, 0.5) is 0 Å². The molecule has 0 bridgehead atoms. The van der Waals surface area contributed by atoms with Crippen molar-refractivity contribution >= 4 is 17.2 Å². The lowest BCUT2D eigenvalue weighted by atomic mass is 10.3. The molecule has 1 amide bonds. The second-order valence-electron chi connectivity index (χ2n) is 6.79. The summed E-state index contributed by atoms with van der Waals surface area (Å²) in [6, 6.07) is 5.08. The van der Waals surface area contributed by atoms with Crippen molar-refractivity contribution < 1.29 is 4.79 Å². The summed E-state index contributed by atoms with van der Waals surface area (Å²) in [5.74, 6) is 0.322. The molecule has 21 heavy (non-hydrogen) atoms. The molecule has 1 saturated heterocycles. The van der Waals surface area contributed by atoms with Gasteiger partial charge in [0.15, 0.2) is 0 Å². The summed E-state index contributed by atoms with van der Waals surface area (Å²) in [5.41, 5.74) is -0.222. The van der Waals surface area contributed by atoms with Crippen LogP contribution in [0.25, 0.3) is 0 Å². The van der Waals surface area contributed by atoms with Crippen molar-refractivity contribution in [1.82, 2.24) is 15.1 Å². The van der Waals surface area contributed by atoms with Crippen LogP contribution in [0.5, 0.6) is 0 Å². The zero-order valence-electron chi connectivity index (χ0n) is 12.8. The Morgan fingerprint density at radius 2 is 2.19 bits per heavy atom. The van der Waals surface area contributed by atoms with E-state index in [0.717, 1.165) is 32.0 Å². The lowest BCUT2D eigenvalue weighted by molar-refractivity contribution is -0.131. The third kappa shape index (κ3) is 2.41. The first-order valence-electron chi connectivity index (χ1n) is 7.94. The Kier molecular flexibility index (Phi) is 3.14. The summed E-state index contributed by atoms with van der Waals surface area (Å²) in [4.78, 5) is 19.8. The van der Waals surface area contributed by atoms with Gasteiger partial charge in [0.1, 0.15) is 11.7 Å². The molecule has 1 aromatic rings. The quantitative estimate of drug-likeness (QED) is 0.905. The van der Waals surface area contributed by atoms with E-state index in [4.69, 9.17) is 0 Å². The van der Waals surface area contributed by atoms with E-state index in [1.807, 2.05) is 0 Å². The lowest BCUT2D eigenvalue weighted by Crippen LogP contribution is -2.38. The van der Waals surface area contributed by atoms with Gasteiger partial charge in [-0.25, -0.2) is 0 Å². The van der Waals surface area contributed by atoms with Gasteiger partial charge in [0.25, 0.3) is 0 Å². The smallest absolute Gasteiger partial charge is 0.244 e. The molecule has 114 valence electrons. The molecule has 4 rings (SSSR count). The summed E-state index contributed by atoms with van der Waals surface area (Å²) < 4.78 is 0. The fourth-order valence-electron chi connectivity index (χ4n) is 3.30. The van der Waals surface area contributed by atoms with Gasteiger partial charge >= 0.3 is 0 Å². The number of carbonyl (C=O) groups excluding carboxylic acids is 1. The normalized spacial score (nSPS) is 27.1. The minimum atomic E-state index is -0.222. The van der Waals surface area contributed by atoms with Crippen LogP contribution in [0, 0.1) is 6.92 Å². The van der Waals surface area contributed by atoms with E-state index < -0.39 is 0 Å². The van der Waals surface area contributed by atoms with E-state index in [9.17, 15) is 4.79 Å². The van der Waals surface area contributed by atoms with Crippen LogP contribution in [0.1, 0.15) is 41.6 Å². The van der Waals surface area contributed by atoms with Gasteiger partial charge < -0.3 is 9.80 Å². The van der Waals surface area contributed by atoms with Gasteiger partial charge in [0, 0.05) is 28.9 Å². The molecule has 2 heterocycles. The Bertz CT molecular complexity index is 562. The van der Waals surface area contributed by atoms with E-state index in [-0.39, 0.29) is 11.7 Å². The molecule has 1 aliphatic heterocycles. The van der Waals surface area contributed by atoms with Crippen LogP contribution in [-0.4, -0.2) is 47.4 Å². The second kappa shape index (κ2) is 4.80. The summed E-state index contributed by atoms with van der Waals surface area (Å²) in [6.07, 6.45) is 4.73. The van der Waals surface area contributed by atoms with Gasteiger partial charge in [-0.15, -0.1) is 11.3 Å². The van der Waals surface area contributed by atoms with Crippen LogP contribution >= 0.6 is 11.3 Å². The zero-order valence-corrected chi connectivity index (χ0v) is 13.6. The third-order valence-electron chi connectivity index (χ3n) is 5.04. The fraction of sp³-hybridized carbons (Fsp3) is 0.688. The maximum absolute atomic E-state index is 12.7. The fourth-order valence-corrected chi connectivity index (χ4v) is 4.24. The number of nitrogens with one attached hydrogen (secondary N) is 1. The second-order valence-corrected chi connectivity index (χ2v) is 8.11. The van der Waals surface area contributed by atoms with Gasteiger partial charge in [-0.1, -0.05) is 0 Å². The van der Waals surface area contributed by atoms with E-state index in [2.05, 4.69) is 41.2 Å². The standard InChI is InChI=1S/C16H23N3OS/c1-11-3-6-13(21-11)14-17-16(7-8-16)15(20)19(14)10-9-18(2)12-4-5-12/h3,6,12,14,17H,4-5,7-10H2,1-2H3. The molecule has 1 aromatic heterocycles. The monoisotopic (exact) mass is 305 g/mol. The summed E-state index contributed by atoms with van der Waals surface area (Å²) in [7, 11) is 2.18. The highest BCUT2D eigenvalue weighted by atomic mass is 32.1. The number of nitrogens with zero attached hydrogens (tertiary/aromatic N) is 2. The molecule has 5 heteroatoms. The predicted molar refractivity (Wildman–Crippen MR) is 84.3 cm³/mol. The van der Waals surface area contributed by atoms with Crippen LogP contribution < -0.4 is 5.32 Å². The number of hydrogen-bond acceptors (Lipinski definition) is 4. The molecular weight excluding hydrogens is 282 g/mol. The van der Waals surface area contributed by atoms with Gasteiger partial charge in [0.2, 0.25) is 5.91 Å². The number of rotatable bonds is 5. The molecule has 2 saturated carbocycles. The Morgan fingerprint density at radius 1 is 1.43 bits per heavy atom. The van der Waals surface area contributed by atoms with Crippen molar-refractivity contribution in [2.75, 3.05) is 20.1 Å². The number of likely N-dealkylation sites (N-methyl/N-ethyl adjacent to an activating group) is 1. The molecule has 1 unspecified atom stereocenters. The number of amides is 1. The first kappa shape index (κ1) is 13.7. The van der Waals surface area contributed by atoms with Crippen molar-refractivity contribution in [2.45, 2.75) is 50.4 Å². The molecule has 1 spiro atoms. The molecule has 1 N–H and O–H groups in total. The number of carbonyl (C=O) groups is 1. The van der Waals surface area contributed by atoms with Crippen molar-refractivity contribution in [3.63, 3.8) is 0 Å². The molecule has 3 fully saturated rings. The molecule has 0 aromatic carbocycles. The Hall–Kier alpha value is -0.910. The zero-order chi connectivity index (χ0) is 14.6. The molecular formula is C16H23N3OS. The Labute approximate surface area is 130 Å². The number of thiophene rings is 1. The average Bonchev–Trinajstić information content (AvgIpc) is 3.36. The number of hydrogen-bond donors (Lipinski definition) is 1. The van der Waals surface area contributed by atoms with E-state index >= 15 is 0 Å². The molecule has 2 aliphatic carbocycles. The summed E-state index contributed by atoms with van der Waals surface area (Å²) in [5, 5.41) is 3.61. The Morgan fingerprint density at radius 3 is 2.76 bits per heavy atom. The van der Waals surface area contributed by atoms with Crippen LogP contribution in [0.2, 0.25) is 0 Å². The van der Waals surface area contributed by atoms with Crippen molar-refractivity contribution in [2.24, 2.45) is 0 Å². The predicted octanol–water partition coefficient (Wildman–Crippen LogP) is 2.11. The van der Waals surface area contributed by atoms with E-state index in [1.165, 1.54) is 22.6 Å². The maximum atomic E-state index is 12.7. The summed E-state index contributed by atoms with van der Waals surface area (Å²) in [6.45, 7) is 3.94. The van der Waals surface area contributed by atoms with Crippen molar-refractivity contribution in [3.05, 3.63) is 21.9 Å². The first-order chi connectivity index (χ1) is 10.1.